The summed E-state index contributed by atoms with van der Waals surface area (Å²) in [6.07, 6.45) is 2.37. The minimum absolute atomic E-state index is 0.0615. The number of amides is 1. The highest BCUT2D eigenvalue weighted by atomic mass is 32.2. The van der Waals surface area contributed by atoms with E-state index in [0.29, 0.717) is 30.1 Å². The maximum absolute atomic E-state index is 12.3. The van der Waals surface area contributed by atoms with Crippen LogP contribution < -0.4 is 14.4 Å². The molecule has 1 fully saturated rings. The summed E-state index contributed by atoms with van der Waals surface area (Å²) in [5.74, 6) is 0.531. The first-order valence-corrected chi connectivity index (χ1v) is 9.92. The fraction of sp³-hybridized carbons (Fsp3) is 0.312. The predicted molar refractivity (Wildman–Crippen MR) is 94.3 cm³/mol. The van der Waals surface area contributed by atoms with Crippen LogP contribution in [0.15, 0.2) is 39.9 Å². The molecule has 3 rings (SSSR count). The molecule has 1 saturated heterocycles. The van der Waals surface area contributed by atoms with Gasteiger partial charge in [-0.25, -0.2) is 8.42 Å². The first kappa shape index (κ1) is 16.8. The van der Waals surface area contributed by atoms with Gasteiger partial charge in [-0.3, -0.25) is 9.52 Å². The topological polar surface area (TPSA) is 75.7 Å². The van der Waals surface area contributed by atoms with E-state index in [2.05, 4.69) is 4.72 Å². The average molecular weight is 366 g/mol. The lowest BCUT2D eigenvalue weighted by Gasteiger charge is -2.28. The fourth-order valence-corrected chi connectivity index (χ4v) is 4.69. The average Bonchev–Trinajstić information content (AvgIpc) is 3.11. The lowest BCUT2D eigenvalue weighted by molar-refractivity contribution is -0.119. The number of anilines is 2. The van der Waals surface area contributed by atoms with Gasteiger partial charge < -0.3 is 9.64 Å². The monoisotopic (exact) mass is 366 g/mol. The number of rotatable bonds is 5. The van der Waals surface area contributed by atoms with E-state index < -0.39 is 10.0 Å². The number of nitrogens with one attached hydrogen (secondary N) is 1. The third-order valence-corrected chi connectivity index (χ3v) is 6.58. The number of hydrogen-bond donors (Lipinski definition) is 1. The second kappa shape index (κ2) is 6.82. The van der Waals surface area contributed by atoms with Gasteiger partial charge in [0.15, 0.2) is 0 Å². The van der Waals surface area contributed by atoms with Gasteiger partial charge >= 0.3 is 0 Å². The summed E-state index contributed by atoms with van der Waals surface area (Å²) in [5, 5.41) is 1.71. The maximum atomic E-state index is 12.3. The Kier molecular flexibility index (Phi) is 4.77. The van der Waals surface area contributed by atoms with Crippen LogP contribution in [-0.4, -0.2) is 28.0 Å². The molecule has 0 aliphatic carbocycles. The van der Waals surface area contributed by atoms with Gasteiger partial charge in [0.2, 0.25) is 5.91 Å². The summed E-state index contributed by atoms with van der Waals surface area (Å²) in [7, 11) is -2.11. The third kappa shape index (κ3) is 3.39. The molecule has 1 aliphatic heterocycles. The number of carbonyl (C=O) groups is 1. The quantitative estimate of drug-likeness (QED) is 0.882. The Morgan fingerprint density at radius 2 is 2.08 bits per heavy atom. The number of piperidine rings is 1. The Labute approximate surface area is 145 Å². The molecule has 128 valence electrons. The van der Waals surface area contributed by atoms with Crippen LogP contribution in [0.4, 0.5) is 11.4 Å². The number of sulfonamides is 1. The molecular weight excluding hydrogens is 348 g/mol. The molecule has 0 atom stereocenters. The van der Waals surface area contributed by atoms with Crippen LogP contribution in [0.25, 0.3) is 0 Å². The number of hydrogen-bond acceptors (Lipinski definition) is 5. The van der Waals surface area contributed by atoms with E-state index in [-0.39, 0.29) is 10.1 Å². The number of thiophene rings is 1. The molecule has 1 aliphatic rings. The minimum atomic E-state index is -3.61. The van der Waals surface area contributed by atoms with Crippen molar-refractivity contribution in [1.29, 1.82) is 0 Å². The molecule has 0 unspecified atom stereocenters. The standard InChI is InChI=1S/C16H18N2O4S2/c1-22-14-11-12(17-24(20,21)16-6-4-10-23-16)7-8-13(14)18-9-3-2-5-15(18)19/h4,6-8,10-11,17H,2-3,5,9H2,1H3. The van der Waals surface area contributed by atoms with Crippen LogP contribution in [-0.2, 0) is 14.8 Å². The molecule has 1 aromatic heterocycles. The van der Waals surface area contributed by atoms with Gasteiger partial charge in [-0.1, -0.05) is 6.07 Å². The maximum Gasteiger partial charge on any atom is 0.271 e. The van der Waals surface area contributed by atoms with Gasteiger partial charge in [-0.05, 0) is 36.4 Å². The number of nitrogens with zero attached hydrogens (tertiary/aromatic N) is 1. The molecule has 2 aromatic rings. The van der Waals surface area contributed by atoms with Gasteiger partial charge in [-0.2, -0.15) is 0 Å². The van der Waals surface area contributed by atoms with Gasteiger partial charge in [0.25, 0.3) is 10.0 Å². The summed E-state index contributed by atoms with van der Waals surface area (Å²) < 4.78 is 32.7. The lowest BCUT2D eigenvalue weighted by Crippen LogP contribution is -2.35. The van der Waals surface area contributed by atoms with Crippen molar-refractivity contribution in [3.05, 3.63) is 35.7 Å². The second-order valence-corrected chi connectivity index (χ2v) is 8.28. The Balaban J connectivity index is 1.88. The highest BCUT2D eigenvalue weighted by Gasteiger charge is 2.23. The Morgan fingerprint density at radius 3 is 2.75 bits per heavy atom. The second-order valence-electron chi connectivity index (χ2n) is 5.43. The summed E-state index contributed by atoms with van der Waals surface area (Å²) in [6, 6.07) is 8.19. The van der Waals surface area contributed by atoms with Crippen molar-refractivity contribution in [1.82, 2.24) is 0 Å². The van der Waals surface area contributed by atoms with Crippen LogP contribution in [0, 0.1) is 0 Å². The van der Waals surface area contributed by atoms with Crippen molar-refractivity contribution < 1.29 is 17.9 Å². The lowest BCUT2D eigenvalue weighted by atomic mass is 10.1. The van der Waals surface area contributed by atoms with Crippen LogP contribution in [0.1, 0.15) is 19.3 Å². The number of ether oxygens (including phenoxy) is 1. The van der Waals surface area contributed by atoms with Crippen molar-refractivity contribution in [3.63, 3.8) is 0 Å². The number of benzene rings is 1. The van der Waals surface area contributed by atoms with Gasteiger partial charge in [0.1, 0.15) is 9.96 Å². The van der Waals surface area contributed by atoms with Crippen LogP contribution in [0.2, 0.25) is 0 Å². The normalized spacial score (nSPS) is 15.4. The van der Waals surface area contributed by atoms with Crippen molar-refractivity contribution in [2.75, 3.05) is 23.3 Å². The smallest absolute Gasteiger partial charge is 0.271 e. The van der Waals surface area contributed by atoms with E-state index in [1.54, 1.807) is 40.6 Å². The molecular formula is C16H18N2O4S2. The molecule has 0 saturated carbocycles. The molecule has 6 nitrogen and oxygen atoms in total. The molecule has 1 aromatic carbocycles. The molecule has 2 heterocycles. The molecule has 8 heteroatoms. The van der Waals surface area contributed by atoms with Crippen molar-refractivity contribution in [3.8, 4) is 5.75 Å². The summed E-state index contributed by atoms with van der Waals surface area (Å²) >= 11 is 1.15. The van der Waals surface area contributed by atoms with Gasteiger partial charge in [0, 0.05) is 19.0 Å². The zero-order valence-electron chi connectivity index (χ0n) is 13.2. The van der Waals surface area contributed by atoms with Crippen LogP contribution in [0.5, 0.6) is 5.75 Å². The Morgan fingerprint density at radius 1 is 1.25 bits per heavy atom. The van der Waals surface area contributed by atoms with Crippen molar-refractivity contribution in [2.24, 2.45) is 0 Å². The van der Waals surface area contributed by atoms with E-state index in [0.717, 1.165) is 24.2 Å². The molecule has 0 spiro atoms. The van der Waals surface area contributed by atoms with E-state index in [1.165, 1.54) is 7.11 Å². The Bertz CT molecular complexity index is 832. The van der Waals surface area contributed by atoms with Gasteiger partial charge in [-0.15, -0.1) is 11.3 Å². The van der Waals surface area contributed by atoms with Gasteiger partial charge in [0.05, 0.1) is 18.5 Å². The highest BCUT2D eigenvalue weighted by molar-refractivity contribution is 7.94. The van der Waals surface area contributed by atoms with E-state index >= 15 is 0 Å². The first-order valence-electron chi connectivity index (χ1n) is 7.56. The highest BCUT2D eigenvalue weighted by Crippen LogP contribution is 2.34. The number of carbonyl (C=O) groups excluding carboxylic acids is 1. The third-order valence-electron chi connectivity index (χ3n) is 3.81. The van der Waals surface area contributed by atoms with E-state index in [9.17, 15) is 13.2 Å². The largest absolute Gasteiger partial charge is 0.494 e. The number of methoxy groups -OCH3 is 1. The van der Waals surface area contributed by atoms with Crippen molar-refractivity contribution >= 4 is 38.6 Å². The van der Waals surface area contributed by atoms with Crippen molar-refractivity contribution in [2.45, 2.75) is 23.5 Å². The molecule has 0 radical (unpaired) electrons. The summed E-state index contributed by atoms with van der Waals surface area (Å²) in [4.78, 5) is 13.8. The summed E-state index contributed by atoms with van der Waals surface area (Å²) in [6.45, 7) is 0.648. The zero-order chi connectivity index (χ0) is 17.2. The van der Waals surface area contributed by atoms with Crippen LogP contribution >= 0.6 is 11.3 Å². The SMILES string of the molecule is COc1cc(NS(=O)(=O)c2cccs2)ccc1N1CCCCC1=O. The van der Waals surface area contributed by atoms with E-state index in [4.69, 9.17) is 4.74 Å². The fourth-order valence-electron chi connectivity index (χ4n) is 2.65. The zero-order valence-corrected chi connectivity index (χ0v) is 14.8. The predicted octanol–water partition coefficient (Wildman–Crippen LogP) is 3.07. The minimum Gasteiger partial charge on any atom is -0.494 e. The Hall–Kier alpha value is -2.06. The van der Waals surface area contributed by atoms with Crippen LogP contribution in [0.3, 0.4) is 0 Å². The molecule has 1 amide bonds. The summed E-state index contributed by atoms with van der Waals surface area (Å²) in [5.41, 5.74) is 1.06. The molecule has 0 bridgehead atoms. The molecule has 24 heavy (non-hydrogen) atoms. The van der Waals surface area contributed by atoms with E-state index in [1.807, 2.05) is 0 Å². The first-order chi connectivity index (χ1) is 11.5. The molecule has 1 N–H and O–H groups in total.